The second-order valence-electron chi connectivity index (χ2n) is 7.52. The molecule has 1 heterocycles. The molecule has 1 aromatic rings. The highest BCUT2D eigenvalue weighted by Crippen LogP contribution is 2.38. The number of anilines is 1. The largest absolute Gasteiger partial charge is 0.326 e. The lowest BCUT2D eigenvalue weighted by Crippen LogP contribution is -2.34. The summed E-state index contributed by atoms with van der Waals surface area (Å²) >= 11 is 0. The van der Waals surface area contributed by atoms with Crippen molar-refractivity contribution in [1.29, 1.82) is 0 Å². The number of nitrogens with zero attached hydrogens (tertiary/aromatic N) is 1. The Kier molecular flexibility index (Phi) is 5.74. The average molecular weight is 356 g/mol. The van der Waals surface area contributed by atoms with Crippen LogP contribution in [0.4, 0.5) is 5.69 Å². The Morgan fingerprint density at radius 2 is 1.77 bits per heavy atom. The van der Waals surface area contributed by atoms with Crippen molar-refractivity contribution in [3.8, 4) is 0 Å². The van der Waals surface area contributed by atoms with Crippen LogP contribution >= 0.6 is 0 Å². The van der Waals surface area contributed by atoms with Gasteiger partial charge in [0.25, 0.3) is 0 Å². The molecular formula is C21H28N2O3. The Morgan fingerprint density at radius 3 is 2.38 bits per heavy atom. The number of hydrogen-bond donors (Lipinski definition) is 1. The highest BCUT2D eigenvalue weighted by Gasteiger charge is 2.47. The molecule has 3 rings (SSSR count). The SMILES string of the molecule is CC[C@H](C)c1ccccc1NC(=O)CCN1C(=O)[C@H]2CCCC[C@H]2C1=O. The van der Waals surface area contributed by atoms with E-state index in [1.165, 1.54) is 4.90 Å². The predicted octanol–water partition coefficient (Wildman–Crippen LogP) is 3.70. The first-order valence-corrected chi connectivity index (χ1v) is 9.77. The molecule has 1 aliphatic heterocycles. The van der Waals surface area contributed by atoms with Gasteiger partial charge in [0.2, 0.25) is 17.7 Å². The molecule has 140 valence electrons. The van der Waals surface area contributed by atoms with E-state index >= 15 is 0 Å². The van der Waals surface area contributed by atoms with Gasteiger partial charge in [-0.3, -0.25) is 19.3 Å². The zero-order valence-corrected chi connectivity index (χ0v) is 15.7. The quantitative estimate of drug-likeness (QED) is 0.790. The summed E-state index contributed by atoms with van der Waals surface area (Å²) in [5, 5.41) is 2.95. The topological polar surface area (TPSA) is 66.5 Å². The second-order valence-corrected chi connectivity index (χ2v) is 7.52. The monoisotopic (exact) mass is 356 g/mol. The minimum Gasteiger partial charge on any atom is -0.326 e. The number of likely N-dealkylation sites (tertiary alicyclic amines) is 1. The summed E-state index contributed by atoms with van der Waals surface area (Å²) in [5.41, 5.74) is 1.93. The summed E-state index contributed by atoms with van der Waals surface area (Å²) in [5.74, 6) is -0.247. The summed E-state index contributed by atoms with van der Waals surface area (Å²) in [4.78, 5) is 38.7. The Hall–Kier alpha value is -2.17. The lowest BCUT2D eigenvalue weighted by molar-refractivity contribution is -0.140. The number of rotatable bonds is 6. The molecule has 2 aliphatic rings. The van der Waals surface area contributed by atoms with Crippen molar-refractivity contribution in [3.63, 3.8) is 0 Å². The molecule has 0 spiro atoms. The lowest BCUT2D eigenvalue weighted by Gasteiger charge is -2.19. The van der Waals surface area contributed by atoms with Gasteiger partial charge in [-0.2, -0.15) is 0 Å². The van der Waals surface area contributed by atoms with E-state index in [0.29, 0.717) is 5.92 Å². The molecule has 1 saturated carbocycles. The fourth-order valence-electron chi connectivity index (χ4n) is 4.14. The van der Waals surface area contributed by atoms with E-state index in [2.05, 4.69) is 19.2 Å². The molecule has 2 fully saturated rings. The molecule has 1 N–H and O–H groups in total. The van der Waals surface area contributed by atoms with Gasteiger partial charge in [0, 0.05) is 18.7 Å². The zero-order valence-electron chi connectivity index (χ0n) is 15.7. The maximum absolute atomic E-state index is 12.5. The molecule has 1 saturated heterocycles. The van der Waals surface area contributed by atoms with Crippen LogP contribution in [-0.4, -0.2) is 29.2 Å². The molecule has 0 bridgehead atoms. The van der Waals surface area contributed by atoms with Crippen LogP contribution in [0, 0.1) is 11.8 Å². The number of carbonyl (C=O) groups excluding carboxylic acids is 3. The maximum atomic E-state index is 12.5. The van der Waals surface area contributed by atoms with Crippen LogP contribution in [-0.2, 0) is 14.4 Å². The molecule has 1 aliphatic carbocycles. The summed E-state index contributed by atoms with van der Waals surface area (Å²) in [7, 11) is 0. The van der Waals surface area contributed by atoms with E-state index < -0.39 is 0 Å². The van der Waals surface area contributed by atoms with Crippen molar-refractivity contribution in [2.45, 2.75) is 58.3 Å². The number of carbonyl (C=O) groups is 3. The van der Waals surface area contributed by atoms with Gasteiger partial charge in [-0.1, -0.05) is 44.9 Å². The Balaban J connectivity index is 1.60. The van der Waals surface area contributed by atoms with Crippen LogP contribution in [0.5, 0.6) is 0 Å². The molecule has 1 aromatic carbocycles. The molecule has 0 aromatic heterocycles. The van der Waals surface area contributed by atoms with Gasteiger partial charge < -0.3 is 5.32 Å². The van der Waals surface area contributed by atoms with Crippen LogP contribution < -0.4 is 5.32 Å². The van der Waals surface area contributed by atoms with Crippen molar-refractivity contribution in [3.05, 3.63) is 29.8 Å². The summed E-state index contributed by atoms with van der Waals surface area (Å²) in [6.07, 6.45) is 4.78. The first kappa shape index (κ1) is 18.6. The third-order valence-electron chi connectivity index (χ3n) is 5.87. The molecule has 3 amide bonds. The van der Waals surface area contributed by atoms with E-state index in [1.807, 2.05) is 24.3 Å². The van der Waals surface area contributed by atoms with Crippen LogP contribution in [0.25, 0.3) is 0 Å². The van der Waals surface area contributed by atoms with Crippen LogP contribution in [0.1, 0.15) is 63.9 Å². The number of nitrogens with one attached hydrogen (secondary N) is 1. The van der Waals surface area contributed by atoms with Crippen LogP contribution in [0.2, 0.25) is 0 Å². The van der Waals surface area contributed by atoms with Crippen molar-refractivity contribution < 1.29 is 14.4 Å². The van der Waals surface area contributed by atoms with E-state index in [-0.39, 0.29) is 42.5 Å². The number of hydrogen-bond acceptors (Lipinski definition) is 3. The smallest absolute Gasteiger partial charge is 0.233 e. The van der Waals surface area contributed by atoms with E-state index in [4.69, 9.17) is 0 Å². The predicted molar refractivity (Wildman–Crippen MR) is 101 cm³/mol. The number of amides is 3. The van der Waals surface area contributed by atoms with Gasteiger partial charge in [-0.25, -0.2) is 0 Å². The number of para-hydroxylation sites is 1. The fraction of sp³-hybridized carbons (Fsp3) is 0.571. The van der Waals surface area contributed by atoms with Crippen molar-refractivity contribution in [2.24, 2.45) is 11.8 Å². The van der Waals surface area contributed by atoms with Crippen LogP contribution in [0.15, 0.2) is 24.3 Å². The van der Waals surface area contributed by atoms with Crippen molar-refractivity contribution in [2.75, 3.05) is 11.9 Å². The summed E-state index contributed by atoms with van der Waals surface area (Å²) < 4.78 is 0. The molecule has 26 heavy (non-hydrogen) atoms. The molecular weight excluding hydrogens is 328 g/mol. The molecule has 5 heteroatoms. The molecule has 0 unspecified atom stereocenters. The highest BCUT2D eigenvalue weighted by atomic mass is 16.2. The minimum atomic E-state index is -0.156. The fourth-order valence-corrected chi connectivity index (χ4v) is 4.14. The second kappa shape index (κ2) is 8.02. The number of benzene rings is 1. The Labute approximate surface area is 155 Å². The Bertz CT molecular complexity index is 676. The third-order valence-corrected chi connectivity index (χ3v) is 5.87. The van der Waals surface area contributed by atoms with Gasteiger partial charge in [0.15, 0.2) is 0 Å². The van der Waals surface area contributed by atoms with Gasteiger partial charge in [0.1, 0.15) is 0 Å². The molecule has 0 radical (unpaired) electrons. The van der Waals surface area contributed by atoms with Gasteiger partial charge in [-0.05, 0) is 36.8 Å². The van der Waals surface area contributed by atoms with Gasteiger partial charge >= 0.3 is 0 Å². The summed E-state index contributed by atoms with van der Waals surface area (Å²) in [6.45, 7) is 4.43. The first-order valence-electron chi connectivity index (χ1n) is 9.77. The van der Waals surface area contributed by atoms with Crippen molar-refractivity contribution >= 4 is 23.4 Å². The highest BCUT2D eigenvalue weighted by molar-refractivity contribution is 6.05. The van der Waals surface area contributed by atoms with E-state index in [1.54, 1.807) is 0 Å². The maximum Gasteiger partial charge on any atom is 0.233 e. The number of fused-ring (bicyclic) bond motifs is 1. The Morgan fingerprint density at radius 1 is 1.15 bits per heavy atom. The zero-order chi connectivity index (χ0) is 18.7. The first-order chi connectivity index (χ1) is 12.5. The number of imide groups is 1. The summed E-state index contributed by atoms with van der Waals surface area (Å²) in [6, 6.07) is 7.81. The van der Waals surface area contributed by atoms with Crippen LogP contribution in [0.3, 0.4) is 0 Å². The third kappa shape index (κ3) is 3.67. The molecule has 5 nitrogen and oxygen atoms in total. The van der Waals surface area contributed by atoms with E-state index in [9.17, 15) is 14.4 Å². The molecule has 3 atom stereocenters. The van der Waals surface area contributed by atoms with Gasteiger partial charge in [-0.15, -0.1) is 0 Å². The standard InChI is InChI=1S/C21H28N2O3/c1-3-14(2)15-8-6-7-11-18(15)22-19(24)12-13-23-20(25)16-9-4-5-10-17(16)21(23)26/h6-8,11,14,16-17H,3-5,9-10,12-13H2,1-2H3,(H,22,24)/t14-,16-,17+/m0/s1. The van der Waals surface area contributed by atoms with E-state index in [0.717, 1.165) is 43.4 Å². The normalized spacial score (nSPS) is 23.7. The van der Waals surface area contributed by atoms with Gasteiger partial charge in [0.05, 0.1) is 11.8 Å². The average Bonchev–Trinajstić information content (AvgIpc) is 2.91. The minimum absolute atomic E-state index is 0.0764. The lowest BCUT2D eigenvalue weighted by atomic mass is 9.81. The van der Waals surface area contributed by atoms with Crippen molar-refractivity contribution in [1.82, 2.24) is 4.90 Å².